The van der Waals surface area contributed by atoms with Crippen molar-refractivity contribution in [1.29, 1.82) is 0 Å². The van der Waals surface area contributed by atoms with E-state index in [1.165, 1.54) is 0 Å². The lowest BCUT2D eigenvalue weighted by Gasteiger charge is -2.14. The van der Waals surface area contributed by atoms with Gasteiger partial charge in [-0.2, -0.15) is 0 Å². The van der Waals surface area contributed by atoms with Crippen LogP contribution in [0, 0.1) is 0 Å². The molecule has 1 N–H and O–H groups in total. The van der Waals surface area contributed by atoms with Crippen molar-refractivity contribution in [3.05, 3.63) is 22.7 Å². The number of nitrogens with zero attached hydrogens (tertiary/aromatic N) is 1. The predicted molar refractivity (Wildman–Crippen MR) is 79.4 cm³/mol. The Hall–Kier alpha value is -0.390. The molecule has 0 bridgehead atoms. The van der Waals surface area contributed by atoms with Gasteiger partial charge in [-0.3, -0.25) is 0 Å². The van der Waals surface area contributed by atoms with Crippen LogP contribution in [0.25, 0.3) is 0 Å². The lowest BCUT2D eigenvalue weighted by Crippen LogP contribution is -3.00. The Kier molecular flexibility index (Phi) is 13.3. The van der Waals surface area contributed by atoms with Crippen LogP contribution in [0.4, 0.5) is 0 Å². The number of likely N-dealkylation sites (N-methyl/N-ethyl adjacent to an activating group) is 1. The van der Waals surface area contributed by atoms with E-state index in [-0.39, 0.29) is 24.8 Å². The van der Waals surface area contributed by atoms with Gasteiger partial charge in [0.25, 0.3) is 0 Å². The van der Waals surface area contributed by atoms with Crippen LogP contribution in [0.1, 0.15) is 12.5 Å². The standard InChI is InChI=1S/C14H23ClN2O2.2ClH/c1-5-19-14-12(15)8-11(9-13(14)18-4)10-16-6-7-17(2)3;;/h8-9,16H,5-7,10H2,1-4H3;2*1H/p-2. The maximum absolute atomic E-state index is 6.21. The summed E-state index contributed by atoms with van der Waals surface area (Å²) in [6, 6.07) is 3.87. The summed E-state index contributed by atoms with van der Waals surface area (Å²) < 4.78 is 10.8. The molecule has 0 aromatic heterocycles. The quantitative estimate of drug-likeness (QED) is 0.488. The SMILES string of the molecule is CCOc1c(Cl)cc(CNCCN(C)C)cc1OC.[Cl-].[Cl-]. The van der Waals surface area contributed by atoms with Crippen LogP contribution in [-0.4, -0.2) is 45.8 Å². The number of rotatable bonds is 8. The van der Waals surface area contributed by atoms with Gasteiger partial charge in [0.15, 0.2) is 11.5 Å². The van der Waals surface area contributed by atoms with Gasteiger partial charge in [-0.05, 0) is 38.7 Å². The second-order valence-corrected chi connectivity index (χ2v) is 4.93. The zero-order valence-corrected chi connectivity index (χ0v) is 15.1. The van der Waals surface area contributed by atoms with Crippen LogP contribution in [0.2, 0.25) is 5.02 Å². The zero-order valence-electron chi connectivity index (χ0n) is 12.9. The molecule has 0 heterocycles. The highest BCUT2D eigenvalue weighted by atomic mass is 35.5. The van der Waals surface area contributed by atoms with Crippen LogP contribution >= 0.6 is 11.6 Å². The molecule has 0 aliphatic heterocycles. The van der Waals surface area contributed by atoms with Crippen LogP contribution in [0.3, 0.4) is 0 Å². The first kappa shape index (κ1) is 22.9. The first-order valence-corrected chi connectivity index (χ1v) is 6.81. The van der Waals surface area contributed by atoms with E-state index in [0.717, 1.165) is 25.2 Å². The second-order valence-electron chi connectivity index (χ2n) is 4.52. The average molecular weight is 358 g/mol. The molecular formula is C14H23Cl3N2O2-2. The Labute approximate surface area is 144 Å². The average Bonchev–Trinajstić information content (AvgIpc) is 2.37. The number of ether oxygens (including phenoxy) is 2. The molecule has 0 atom stereocenters. The molecule has 0 radical (unpaired) electrons. The summed E-state index contributed by atoms with van der Waals surface area (Å²) in [5.41, 5.74) is 1.09. The maximum atomic E-state index is 6.21. The third kappa shape index (κ3) is 7.98. The number of hydrogen-bond acceptors (Lipinski definition) is 4. The lowest BCUT2D eigenvalue weighted by molar-refractivity contribution is -0.00100. The molecule has 0 unspecified atom stereocenters. The van der Waals surface area contributed by atoms with Crippen molar-refractivity contribution in [3.8, 4) is 11.5 Å². The van der Waals surface area contributed by atoms with E-state index >= 15 is 0 Å². The molecule has 21 heavy (non-hydrogen) atoms. The molecule has 124 valence electrons. The fourth-order valence-corrected chi connectivity index (χ4v) is 1.98. The van der Waals surface area contributed by atoms with E-state index in [1.54, 1.807) is 7.11 Å². The minimum absolute atomic E-state index is 0. The maximum Gasteiger partial charge on any atom is 0.179 e. The van der Waals surface area contributed by atoms with Crippen LogP contribution in [0.5, 0.6) is 11.5 Å². The Balaban J connectivity index is 0. The minimum Gasteiger partial charge on any atom is -1.00 e. The molecule has 7 heteroatoms. The molecule has 0 saturated heterocycles. The van der Waals surface area contributed by atoms with E-state index < -0.39 is 0 Å². The van der Waals surface area contributed by atoms with E-state index in [2.05, 4.69) is 24.3 Å². The first-order valence-electron chi connectivity index (χ1n) is 6.43. The summed E-state index contributed by atoms with van der Waals surface area (Å²) >= 11 is 6.21. The van der Waals surface area contributed by atoms with Crippen molar-refractivity contribution < 1.29 is 34.3 Å². The van der Waals surface area contributed by atoms with Crippen molar-refractivity contribution in [2.75, 3.05) is 40.9 Å². The highest BCUT2D eigenvalue weighted by Gasteiger charge is 2.11. The molecule has 0 aliphatic rings. The number of hydrogen-bond donors (Lipinski definition) is 1. The number of nitrogens with one attached hydrogen (secondary N) is 1. The third-order valence-corrected chi connectivity index (χ3v) is 2.92. The highest BCUT2D eigenvalue weighted by Crippen LogP contribution is 2.36. The topological polar surface area (TPSA) is 33.7 Å². The van der Waals surface area contributed by atoms with Gasteiger partial charge >= 0.3 is 0 Å². The molecular weight excluding hydrogens is 335 g/mol. The number of halogens is 3. The zero-order chi connectivity index (χ0) is 14.3. The smallest absolute Gasteiger partial charge is 0.179 e. The molecule has 0 saturated carbocycles. The second kappa shape index (κ2) is 12.2. The molecule has 4 nitrogen and oxygen atoms in total. The van der Waals surface area contributed by atoms with Crippen molar-refractivity contribution in [1.82, 2.24) is 10.2 Å². The van der Waals surface area contributed by atoms with Gasteiger partial charge in [0, 0.05) is 19.6 Å². The predicted octanol–water partition coefficient (Wildman–Crippen LogP) is -3.59. The Morgan fingerprint density at radius 2 is 1.90 bits per heavy atom. The van der Waals surface area contributed by atoms with Crippen molar-refractivity contribution in [2.24, 2.45) is 0 Å². The van der Waals surface area contributed by atoms with Crippen LogP contribution in [0.15, 0.2) is 12.1 Å². The number of benzene rings is 1. The Morgan fingerprint density at radius 3 is 2.43 bits per heavy atom. The van der Waals surface area contributed by atoms with Crippen LogP contribution < -0.4 is 39.6 Å². The van der Waals surface area contributed by atoms with Gasteiger partial charge in [-0.1, -0.05) is 11.6 Å². The monoisotopic (exact) mass is 356 g/mol. The molecule has 0 spiro atoms. The molecule has 0 fully saturated rings. The minimum atomic E-state index is 0. The number of methoxy groups -OCH3 is 1. The van der Waals surface area contributed by atoms with E-state index in [9.17, 15) is 0 Å². The largest absolute Gasteiger partial charge is 1.00 e. The van der Waals surface area contributed by atoms with Crippen LogP contribution in [-0.2, 0) is 6.54 Å². The fourth-order valence-electron chi connectivity index (χ4n) is 1.70. The van der Waals surface area contributed by atoms with Gasteiger partial charge in [0.2, 0.25) is 0 Å². The first-order chi connectivity index (χ1) is 9.08. The van der Waals surface area contributed by atoms with Gasteiger partial charge < -0.3 is 44.5 Å². The lowest BCUT2D eigenvalue weighted by atomic mass is 10.2. The Morgan fingerprint density at radius 1 is 1.24 bits per heavy atom. The molecule has 1 rings (SSSR count). The molecule has 1 aromatic rings. The van der Waals surface area contributed by atoms with E-state index in [0.29, 0.717) is 23.1 Å². The fraction of sp³-hybridized carbons (Fsp3) is 0.571. The summed E-state index contributed by atoms with van der Waals surface area (Å²) in [6.07, 6.45) is 0. The van der Waals surface area contributed by atoms with Gasteiger partial charge in [-0.25, -0.2) is 0 Å². The summed E-state index contributed by atoms with van der Waals surface area (Å²) in [5, 5.41) is 3.95. The van der Waals surface area contributed by atoms with Crippen molar-refractivity contribution in [3.63, 3.8) is 0 Å². The van der Waals surface area contributed by atoms with E-state index in [4.69, 9.17) is 21.1 Å². The third-order valence-electron chi connectivity index (χ3n) is 2.64. The van der Waals surface area contributed by atoms with Crippen molar-refractivity contribution >= 4 is 11.6 Å². The summed E-state index contributed by atoms with van der Waals surface area (Å²) in [4.78, 5) is 2.14. The van der Waals surface area contributed by atoms with Gasteiger partial charge in [0.1, 0.15) is 0 Å². The molecule has 1 aromatic carbocycles. The van der Waals surface area contributed by atoms with Gasteiger partial charge in [-0.15, -0.1) is 0 Å². The van der Waals surface area contributed by atoms with Crippen molar-refractivity contribution in [2.45, 2.75) is 13.5 Å². The van der Waals surface area contributed by atoms with Gasteiger partial charge in [0.05, 0.1) is 18.7 Å². The summed E-state index contributed by atoms with van der Waals surface area (Å²) in [7, 11) is 5.73. The Bertz CT molecular complexity index is 404. The molecule has 0 amide bonds. The summed E-state index contributed by atoms with van der Waals surface area (Å²) in [6.45, 7) is 5.18. The summed E-state index contributed by atoms with van der Waals surface area (Å²) in [5.74, 6) is 1.29. The molecule has 0 aliphatic carbocycles. The normalized spacial score (nSPS) is 9.81. The van der Waals surface area contributed by atoms with E-state index in [1.807, 2.05) is 19.1 Å². The highest BCUT2D eigenvalue weighted by molar-refractivity contribution is 6.32.